The summed E-state index contributed by atoms with van der Waals surface area (Å²) >= 11 is 4.79. The molecule has 2 aromatic rings. The van der Waals surface area contributed by atoms with E-state index in [1.807, 2.05) is 11.4 Å². The minimum Gasteiger partial charge on any atom is -0.349 e. The summed E-state index contributed by atoms with van der Waals surface area (Å²) in [5, 5.41) is 9.13. The minimum atomic E-state index is -0.0570. The normalized spacial score (nSPS) is 21.5. The molecule has 1 fully saturated rings. The lowest BCUT2D eigenvalue weighted by molar-refractivity contribution is 0.0925. The molecule has 1 N–H and O–H groups in total. The Bertz CT molecular complexity index is 719. The molecule has 7 heteroatoms. The summed E-state index contributed by atoms with van der Waals surface area (Å²) in [6.45, 7) is 0. The van der Waals surface area contributed by atoms with Gasteiger partial charge in [-0.25, -0.2) is 4.68 Å². The number of nitrogens with one attached hydrogen (secondary N) is 1. The molecular formula is C15H16BrN3O2S. The molecule has 0 spiro atoms. The van der Waals surface area contributed by atoms with Crippen LogP contribution in [0, 0.1) is 0 Å². The average molecular weight is 382 g/mol. The molecule has 2 aromatic heterocycles. The summed E-state index contributed by atoms with van der Waals surface area (Å²) in [4.78, 5) is 24.7. The maximum absolute atomic E-state index is 12.1. The van der Waals surface area contributed by atoms with Gasteiger partial charge in [0.05, 0.1) is 10.9 Å². The molecule has 1 amide bonds. The van der Waals surface area contributed by atoms with Crippen molar-refractivity contribution in [3.05, 3.63) is 49.5 Å². The van der Waals surface area contributed by atoms with E-state index >= 15 is 0 Å². The van der Waals surface area contributed by atoms with Gasteiger partial charge in [-0.2, -0.15) is 5.10 Å². The van der Waals surface area contributed by atoms with E-state index in [1.165, 1.54) is 17.4 Å². The van der Waals surface area contributed by atoms with Crippen molar-refractivity contribution in [1.29, 1.82) is 0 Å². The molecule has 2 heterocycles. The Kier molecular flexibility index (Phi) is 4.73. The van der Waals surface area contributed by atoms with Gasteiger partial charge in [0.2, 0.25) is 0 Å². The Balaban J connectivity index is 1.57. The van der Waals surface area contributed by atoms with Gasteiger partial charge in [0, 0.05) is 28.2 Å². The van der Waals surface area contributed by atoms with Gasteiger partial charge < -0.3 is 5.32 Å². The monoisotopic (exact) mass is 381 g/mol. The Morgan fingerprint density at radius 3 is 2.77 bits per heavy atom. The highest BCUT2D eigenvalue weighted by Crippen LogP contribution is 2.27. The predicted molar refractivity (Wildman–Crippen MR) is 89.3 cm³/mol. The first-order valence-corrected chi connectivity index (χ1v) is 8.89. The summed E-state index contributed by atoms with van der Waals surface area (Å²) < 4.78 is 2.50. The highest BCUT2D eigenvalue weighted by Gasteiger charge is 2.25. The molecule has 0 atom stereocenters. The second kappa shape index (κ2) is 6.75. The SMILES string of the molecule is O=C(NC1CCC(n2ncccc2=O)CC1)c1cc(Br)cs1. The van der Waals surface area contributed by atoms with Crippen molar-refractivity contribution in [2.75, 3.05) is 0 Å². The number of nitrogens with zero attached hydrogens (tertiary/aromatic N) is 2. The molecule has 5 nitrogen and oxygen atoms in total. The maximum atomic E-state index is 12.1. The van der Waals surface area contributed by atoms with Crippen LogP contribution in [0.4, 0.5) is 0 Å². The van der Waals surface area contributed by atoms with Gasteiger partial charge in [0.1, 0.15) is 0 Å². The molecule has 0 radical (unpaired) electrons. The molecule has 3 rings (SSSR count). The van der Waals surface area contributed by atoms with Crippen LogP contribution < -0.4 is 10.9 Å². The molecule has 0 bridgehead atoms. The third-order valence-electron chi connectivity index (χ3n) is 3.91. The zero-order valence-electron chi connectivity index (χ0n) is 11.9. The molecule has 0 aromatic carbocycles. The van der Waals surface area contributed by atoms with E-state index < -0.39 is 0 Å². The van der Waals surface area contributed by atoms with E-state index in [4.69, 9.17) is 0 Å². The van der Waals surface area contributed by atoms with Crippen LogP contribution in [0.1, 0.15) is 41.4 Å². The molecule has 116 valence electrons. The highest BCUT2D eigenvalue weighted by atomic mass is 79.9. The van der Waals surface area contributed by atoms with Gasteiger partial charge >= 0.3 is 0 Å². The summed E-state index contributed by atoms with van der Waals surface area (Å²) in [6.07, 6.45) is 5.09. The van der Waals surface area contributed by atoms with Crippen LogP contribution in [0.3, 0.4) is 0 Å². The van der Waals surface area contributed by atoms with Gasteiger partial charge in [-0.05, 0) is 53.7 Å². The van der Waals surface area contributed by atoms with Crippen LogP contribution >= 0.6 is 27.3 Å². The van der Waals surface area contributed by atoms with Crippen molar-refractivity contribution in [3.63, 3.8) is 0 Å². The third-order valence-corrected chi connectivity index (χ3v) is 5.60. The van der Waals surface area contributed by atoms with Gasteiger partial charge in [-0.1, -0.05) is 0 Å². The van der Waals surface area contributed by atoms with Crippen LogP contribution in [-0.2, 0) is 0 Å². The van der Waals surface area contributed by atoms with Crippen molar-refractivity contribution in [2.24, 2.45) is 0 Å². The number of thiophene rings is 1. The second-order valence-corrected chi connectivity index (χ2v) is 7.24. The van der Waals surface area contributed by atoms with Crippen LogP contribution in [0.25, 0.3) is 0 Å². The first-order chi connectivity index (χ1) is 10.6. The first kappa shape index (κ1) is 15.4. The minimum absolute atomic E-state index is 0.0193. The number of aromatic nitrogens is 2. The quantitative estimate of drug-likeness (QED) is 0.888. The molecule has 1 saturated carbocycles. The molecule has 22 heavy (non-hydrogen) atoms. The molecule has 0 unspecified atom stereocenters. The zero-order valence-corrected chi connectivity index (χ0v) is 14.3. The topological polar surface area (TPSA) is 64.0 Å². The van der Waals surface area contributed by atoms with Gasteiger partial charge in [-0.3, -0.25) is 9.59 Å². The van der Waals surface area contributed by atoms with Gasteiger partial charge in [0.25, 0.3) is 11.5 Å². The number of hydrogen-bond acceptors (Lipinski definition) is 4. The Hall–Kier alpha value is -1.47. The zero-order chi connectivity index (χ0) is 15.5. The fourth-order valence-electron chi connectivity index (χ4n) is 2.80. The van der Waals surface area contributed by atoms with E-state index in [0.717, 1.165) is 35.0 Å². The Morgan fingerprint density at radius 2 is 2.14 bits per heavy atom. The molecule has 0 aliphatic heterocycles. The van der Waals surface area contributed by atoms with Crippen LogP contribution in [0.5, 0.6) is 0 Å². The van der Waals surface area contributed by atoms with Crippen LogP contribution in [-0.4, -0.2) is 21.7 Å². The second-order valence-electron chi connectivity index (χ2n) is 5.41. The van der Waals surface area contributed by atoms with E-state index in [-0.39, 0.29) is 23.6 Å². The third kappa shape index (κ3) is 3.47. The summed E-state index contributed by atoms with van der Waals surface area (Å²) in [5.74, 6) is -0.0193. The first-order valence-electron chi connectivity index (χ1n) is 7.22. The molecular weight excluding hydrogens is 366 g/mol. The largest absolute Gasteiger partial charge is 0.349 e. The lowest BCUT2D eigenvalue weighted by Crippen LogP contribution is -2.39. The Labute approximate surface area is 140 Å². The van der Waals surface area contributed by atoms with Gasteiger partial charge in [0.15, 0.2) is 0 Å². The van der Waals surface area contributed by atoms with Crippen LogP contribution in [0.2, 0.25) is 0 Å². The summed E-state index contributed by atoms with van der Waals surface area (Å²) in [7, 11) is 0. The summed E-state index contributed by atoms with van der Waals surface area (Å²) in [6, 6.07) is 5.33. The number of hydrogen-bond donors (Lipinski definition) is 1. The van der Waals surface area contributed by atoms with E-state index in [2.05, 4.69) is 26.3 Å². The number of carbonyl (C=O) groups excluding carboxylic acids is 1. The van der Waals surface area contributed by atoms with Crippen LogP contribution in [0.15, 0.2) is 39.0 Å². The number of amides is 1. The van der Waals surface area contributed by atoms with Crippen molar-refractivity contribution < 1.29 is 4.79 Å². The fourth-order valence-corrected chi connectivity index (χ4v) is 4.13. The number of rotatable bonds is 3. The molecule has 1 aliphatic rings. The number of halogens is 1. The highest BCUT2D eigenvalue weighted by molar-refractivity contribution is 9.10. The smallest absolute Gasteiger partial charge is 0.266 e. The van der Waals surface area contributed by atoms with E-state index in [0.29, 0.717) is 0 Å². The maximum Gasteiger partial charge on any atom is 0.266 e. The average Bonchev–Trinajstić information content (AvgIpc) is 2.95. The van der Waals surface area contributed by atoms with Crippen molar-refractivity contribution in [3.8, 4) is 0 Å². The summed E-state index contributed by atoms with van der Waals surface area (Å²) in [5.41, 5.74) is -0.0570. The van der Waals surface area contributed by atoms with Gasteiger partial charge in [-0.15, -0.1) is 11.3 Å². The van der Waals surface area contributed by atoms with E-state index in [9.17, 15) is 9.59 Å². The fraction of sp³-hybridized carbons (Fsp3) is 0.400. The van der Waals surface area contributed by atoms with Crippen molar-refractivity contribution in [1.82, 2.24) is 15.1 Å². The number of carbonyl (C=O) groups is 1. The standard InChI is InChI=1S/C15H16BrN3O2S/c16-10-8-13(22-9-10)15(21)18-11-3-5-12(6-4-11)19-14(20)2-1-7-17-19/h1-2,7-9,11-12H,3-6H2,(H,18,21). The predicted octanol–water partition coefficient (Wildman–Crippen LogP) is 2.98. The van der Waals surface area contributed by atoms with Crippen molar-refractivity contribution >= 4 is 33.2 Å². The lowest BCUT2D eigenvalue weighted by Gasteiger charge is -2.29. The molecule has 1 aliphatic carbocycles. The Morgan fingerprint density at radius 1 is 1.36 bits per heavy atom. The van der Waals surface area contributed by atoms with E-state index in [1.54, 1.807) is 16.9 Å². The van der Waals surface area contributed by atoms with Crippen molar-refractivity contribution in [2.45, 2.75) is 37.8 Å². The molecule has 0 saturated heterocycles. The lowest BCUT2D eigenvalue weighted by atomic mass is 9.91.